The summed E-state index contributed by atoms with van der Waals surface area (Å²) in [7, 11) is 0. The first-order valence-corrected chi connectivity index (χ1v) is 11.9. The lowest BCUT2D eigenvalue weighted by atomic mass is 10.1. The van der Waals surface area contributed by atoms with Crippen LogP contribution in [0.5, 0.6) is 5.75 Å². The second-order valence-electron chi connectivity index (χ2n) is 8.12. The third-order valence-corrected chi connectivity index (χ3v) is 6.61. The van der Waals surface area contributed by atoms with E-state index in [-0.39, 0.29) is 23.7 Å². The number of likely N-dealkylation sites (tertiary alicyclic amines) is 1. The number of fused-ring (bicyclic) bond motifs is 1. The first-order chi connectivity index (χ1) is 16.6. The van der Waals surface area contributed by atoms with Gasteiger partial charge in [0.1, 0.15) is 17.4 Å². The molecule has 1 N–H and O–H groups in total. The molecule has 2 aromatic rings. The maximum absolute atomic E-state index is 12.6. The molecule has 0 spiro atoms. The highest BCUT2D eigenvalue weighted by Crippen LogP contribution is 2.30. The number of nitrogens with zero attached hydrogens (tertiary/aromatic N) is 4. The van der Waals surface area contributed by atoms with Crippen LogP contribution in [-0.2, 0) is 16.2 Å². The van der Waals surface area contributed by atoms with E-state index in [4.69, 9.17) is 10.1 Å². The number of amidine groups is 2. The zero-order chi connectivity index (χ0) is 23.5. The molecule has 8 nitrogen and oxygen atoms in total. The lowest BCUT2D eigenvalue weighted by molar-refractivity contribution is -0.128. The summed E-state index contributed by atoms with van der Waals surface area (Å²) in [5.41, 5.74) is 1.98. The van der Waals surface area contributed by atoms with Gasteiger partial charge in [-0.3, -0.25) is 15.0 Å². The molecule has 1 fully saturated rings. The molecule has 2 amide bonds. The van der Waals surface area contributed by atoms with Crippen molar-refractivity contribution in [3.8, 4) is 5.75 Å². The topological polar surface area (TPSA) is 98.4 Å². The van der Waals surface area contributed by atoms with Gasteiger partial charge in [0.25, 0.3) is 5.91 Å². The van der Waals surface area contributed by atoms with Crippen molar-refractivity contribution in [2.75, 3.05) is 13.1 Å². The summed E-state index contributed by atoms with van der Waals surface area (Å²) in [4.78, 5) is 31.0. The summed E-state index contributed by atoms with van der Waals surface area (Å²) < 4.78 is 5.80. The molecule has 1 saturated heterocycles. The number of nitrogens with one attached hydrogen (secondary N) is 1. The summed E-state index contributed by atoms with van der Waals surface area (Å²) in [6, 6.07) is 17.2. The Hall–Kier alpha value is -3.72. The highest BCUT2D eigenvalue weighted by molar-refractivity contribution is 8.27. The van der Waals surface area contributed by atoms with Crippen LogP contribution in [0, 0.1) is 5.41 Å². The van der Waals surface area contributed by atoms with Crippen molar-refractivity contribution in [1.82, 2.24) is 9.91 Å². The Bertz CT molecular complexity index is 1210. The van der Waals surface area contributed by atoms with E-state index in [0.717, 1.165) is 37.1 Å². The summed E-state index contributed by atoms with van der Waals surface area (Å²) in [6.45, 7) is 2.02. The predicted octanol–water partition coefficient (Wildman–Crippen LogP) is 3.90. The fourth-order valence-corrected chi connectivity index (χ4v) is 4.75. The molecule has 9 heteroatoms. The molecule has 34 heavy (non-hydrogen) atoms. The molecule has 2 aromatic carbocycles. The Labute approximate surface area is 201 Å². The number of carbonyl (C=O) groups is 2. The molecule has 0 aliphatic carbocycles. The standard InChI is InChI=1S/C25H23N5O3S/c26-23-20(14-17-8-10-19(11-9-17)33-16-18-6-2-1-3-7-18)24(32)27-25-30(23)28-21(34-25)15-22(31)29-12-4-5-13-29/h1-3,6-11,14,26H,4-5,12-13,15-16H2. The minimum atomic E-state index is -0.490. The monoisotopic (exact) mass is 473 g/mol. The largest absolute Gasteiger partial charge is 0.489 e. The van der Waals surface area contributed by atoms with Crippen molar-refractivity contribution in [1.29, 1.82) is 5.41 Å². The van der Waals surface area contributed by atoms with Gasteiger partial charge in [-0.1, -0.05) is 42.5 Å². The third kappa shape index (κ3) is 4.79. The highest BCUT2D eigenvalue weighted by Gasteiger charge is 2.36. The summed E-state index contributed by atoms with van der Waals surface area (Å²) in [5, 5.41) is 15.1. The molecule has 5 rings (SSSR count). The van der Waals surface area contributed by atoms with Gasteiger partial charge in [-0.25, -0.2) is 0 Å². The molecule has 0 bridgehead atoms. The van der Waals surface area contributed by atoms with E-state index >= 15 is 0 Å². The lowest BCUT2D eigenvalue weighted by Crippen LogP contribution is -2.35. The number of amides is 2. The molecule has 0 unspecified atom stereocenters. The number of ether oxygens (including phenoxy) is 1. The Kier molecular flexibility index (Phi) is 6.27. The average molecular weight is 474 g/mol. The Morgan fingerprint density at radius 2 is 1.82 bits per heavy atom. The van der Waals surface area contributed by atoms with Gasteiger partial charge in [0.05, 0.1) is 12.0 Å². The molecular formula is C25H23N5O3S. The molecule has 0 aromatic heterocycles. The van der Waals surface area contributed by atoms with Crippen LogP contribution < -0.4 is 4.74 Å². The normalized spacial score (nSPS) is 18.8. The molecule has 3 aliphatic rings. The second-order valence-corrected chi connectivity index (χ2v) is 9.16. The van der Waals surface area contributed by atoms with Crippen LogP contribution in [0.25, 0.3) is 6.08 Å². The van der Waals surface area contributed by atoms with Gasteiger partial charge in [-0.2, -0.15) is 15.1 Å². The van der Waals surface area contributed by atoms with Crippen LogP contribution >= 0.6 is 11.8 Å². The Balaban J connectivity index is 1.26. The van der Waals surface area contributed by atoms with Gasteiger partial charge in [0, 0.05) is 13.1 Å². The predicted molar refractivity (Wildman–Crippen MR) is 133 cm³/mol. The first-order valence-electron chi connectivity index (χ1n) is 11.1. The van der Waals surface area contributed by atoms with E-state index in [1.54, 1.807) is 6.08 Å². The van der Waals surface area contributed by atoms with E-state index in [0.29, 0.717) is 22.6 Å². The van der Waals surface area contributed by atoms with Crippen molar-refractivity contribution < 1.29 is 14.3 Å². The zero-order valence-corrected chi connectivity index (χ0v) is 19.3. The average Bonchev–Trinajstić information content (AvgIpc) is 3.52. The maximum Gasteiger partial charge on any atom is 0.283 e. The van der Waals surface area contributed by atoms with E-state index < -0.39 is 5.91 Å². The van der Waals surface area contributed by atoms with Crippen molar-refractivity contribution in [3.63, 3.8) is 0 Å². The summed E-state index contributed by atoms with van der Waals surface area (Å²) in [5.74, 6) is 0.197. The molecule has 172 valence electrons. The van der Waals surface area contributed by atoms with Crippen LogP contribution in [0.3, 0.4) is 0 Å². The third-order valence-electron chi connectivity index (χ3n) is 5.70. The number of hydrogen-bond acceptors (Lipinski definition) is 6. The SMILES string of the molecule is N=C1C(=Cc2ccc(OCc3ccccc3)cc2)C(=O)N=C2SC(CC(=O)N3CCCC3)=NN12. The van der Waals surface area contributed by atoms with Crippen molar-refractivity contribution in [3.05, 3.63) is 71.3 Å². The number of benzene rings is 2. The minimum Gasteiger partial charge on any atom is -0.489 e. The number of hydrazone groups is 1. The maximum atomic E-state index is 12.6. The lowest BCUT2D eigenvalue weighted by Gasteiger charge is -2.20. The number of rotatable bonds is 6. The van der Waals surface area contributed by atoms with Crippen LogP contribution in [0.4, 0.5) is 0 Å². The zero-order valence-electron chi connectivity index (χ0n) is 18.4. The van der Waals surface area contributed by atoms with Crippen molar-refractivity contribution in [2.24, 2.45) is 10.1 Å². The molecule has 3 heterocycles. The van der Waals surface area contributed by atoms with Gasteiger partial charge in [-0.15, -0.1) is 0 Å². The van der Waals surface area contributed by atoms with Gasteiger partial charge in [0.15, 0.2) is 5.84 Å². The van der Waals surface area contributed by atoms with Crippen LogP contribution in [0.1, 0.15) is 30.4 Å². The molecule has 0 atom stereocenters. The number of thioether (sulfide) groups is 1. The smallest absolute Gasteiger partial charge is 0.283 e. The van der Waals surface area contributed by atoms with E-state index in [9.17, 15) is 9.59 Å². The fourth-order valence-electron chi connectivity index (χ4n) is 3.88. The van der Waals surface area contributed by atoms with E-state index in [1.165, 1.54) is 16.8 Å². The highest BCUT2D eigenvalue weighted by atomic mass is 32.2. The van der Waals surface area contributed by atoms with E-state index in [2.05, 4.69) is 10.1 Å². The minimum absolute atomic E-state index is 0.0207. The molecule has 0 radical (unpaired) electrons. The van der Waals surface area contributed by atoms with E-state index in [1.807, 2.05) is 59.5 Å². The number of carbonyl (C=O) groups excluding carboxylic acids is 2. The fraction of sp³-hybridized carbons (Fsp3) is 0.240. The second kappa shape index (κ2) is 9.64. The van der Waals surface area contributed by atoms with Gasteiger partial charge >= 0.3 is 0 Å². The van der Waals surface area contributed by atoms with Crippen LogP contribution in [0.15, 0.2) is 70.3 Å². The molecular weight excluding hydrogens is 450 g/mol. The molecule has 3 aliphatic heterocycles. The van der Waals surface area contributed by atoms with Gasteiger partial charge < -0.3 is 9.64 Å². The van der Waals surface area contributed by atoms with Crippen molar-refractivity contribution >= 4 is 45.7 Å². The first kappa shape index (κ1) is 22.1. The Morgan fingerprint density at radius 1 is 1.09 bits per heavy atom. The Morgan fingerprint density at radius 3 is 2.56 bits per heavy atom. The quantitative estimate of drug-likeness (QED) is 0.642. The number of aliphatic imine (C=N–C) groups is 1. The van der Waals surface area contributed by atoms with Gasteiger partial charge in [0.2, 0.25) is 11.1 Å². The van der Waals surface area contributed by atoms with Crippen LogP contribution in [-0.4, -0.2) is 50.9 Å². The van der Waals surface area contributed by atoms with Crippen molar-refractivity contribution in [2.45, 2.75) is 25.9 Å². The summed E-state index contributed by atoms with van der Waals surface area (Å²) >= 11 is 1.18. The summed E-state index contributed by atoms with van der Waals surface area (Å²) in [6.07, 6.45) is 3.83. The molecule has 0 saturated carbocycles. The number of hydrogen-bond donors (Lipinski definition) is 1. The van der Waals surface area contributed by atoms with Gasteiger partial charge in [-0.05, 0) is 53.9 Å². The van der Waals surface area contributed by atoms with Crippen LogP contribution in [0.2, 0.25) is 0 Å².